The first-order valence-electron chi connectivity index (χ1n) is 8.78. The maximum absolute atomic E-state index is 10.0. The first kappa shape index (κ1) is 22.9. The van der Waals surface area contributed by atoms with E-state index < -0.39 is 22.7 Å². The molecule has 8 heteroatoms. The van der Waals surface area contributed by atoms with Crippen molar-refractivity contribution >= 4 is 10.4 Å². The Hall–Kier alpha value is -1.19. The standard InChI is InChI=1S/C18H29NO2.H2O4S/c1-13(20)17(19-18(2,3)4)21-16-12-8-7-11-15(16)14-9-5-6-10-14;1-5(2,3)4/h7-8,11-14,17,19-20H,5-6,9-10H2,1-4H3;(H2,1,2,3,4). The van der Waals surface area contributed by atoms with Crippen LogP contribution in [0.15, 0.2) is 24.3 Å². The minimum Gasteiger partial charge on any atom is -0.472 e. The number of aliphatic hydroxyl groups is 1. The van der Waals surface area contributed by atoms with Gasteiger partial charge in [0.15, 0.2) is 6.23 Å². The van der Waals surface area contributed by atoms with Gasteiger partial charge >= 0.3 is 10.4 Å². The number of benzene rings is 1. The summed E-state index contributed by atoms with van der Waals surface area (Å²) in [5.74, 6) is 1.51. The van der Waals surface area contributed by atoms with Crippen LogP contribution >= 0.6 is 0 Å². The second kappa shape index (κ2) is 9.66. The summed E-state index contributed by atoms with van der Waals surface area (Å²) in [5, 5.41) is 13.4. The normalized spacial score (nSPS) is 18.0. The summed E-state index contributed by atoms with van der Waals surface area (Å²) in [7, 11) is -4.67. The van der Waals surface area contributed by atoms with Crippen molar-refractivity contribution in [2.24, 2.45) is 0 Å². The Morgan fingerprint density at radius 2 is 1.65 bits per heavy atom. The van der Waals surface area contributed by atoms with Gasteiger partial charge in [-0.2, -0.15) is 8.42 Å². The summed E-state index contributed by atoms with van der Waals surface area (Å²) in [6, 6.07) is 8.27. The smallest absolute Gasteiger partial charge is 0.394 e. The summed E-state index contributed by atoms with van der Waals surface area (Å²) >= 11 is 0. The molecule has 0 amide bonds. The molecule has 1 aromatic rings. The van der Waals surface area contributed by atoms with Gasteiger partial charge in [-0.1, -0.05) is 31.0 Å². The molecule has 2 rings (SSSR count). The van der Waals surface area contributed by atoms with Crippen molar-refractivity contribution in [2.75, 3.05) is 0 Å². The molecular formula is C18H31NO6S. The number of aliphatic hydroxyl groups excluding tert-OH is 1. The van der Waals surface area contributed by atoms with Crippen LogP contribution in [0.25, 0.3) is 0 Å². The van der Waals surface area contributed by atoms with Gasteiger partial charge in [-0.3, -0.25) is 14.4 Å². The number of nitrogens with one attached hydrogen (secondary N) is 1. The molecule has 1 aliphatic carbocycles. The van der Waals surface area contributed by atoms with E-state index in [1.807, 2.05) is 12.1 Å². The van der Waals surface area contributed by atoms with E-state index >= 15 is 0 Å². The zero-order chi connectivity index (χ0) is 20.0. The molecule has 0 spiro atoms. The van der Waals surface area contributed by atoms with Gasteiger partial charge in [0, 0.05) is 5.54 Å². The molecule has 1 fully saturated rings. The summed E-state index contributed by atoms with van der Waals surface area (Å²) in [5.41, 5.74) is 1.18. The highest BCUT2D eigenvalue weighted by atomic mass is 32.3. The van der Waals surface area contributed by atoms with Crippen LogP contribution < -0.4 is 10.1 Å². The Bertz CT molecular complexity index is 640. The van der Waals surface area contributed by atoms with Crippen molar-refractivity contribution in [3.05, 3.63) is 29.8 Å². The van der Waals surface area contributed by atoms with Crippen LogP contribution in [0.4, 0.5) is 0 Å². The molecule has 1 saturated carbocycles. The van der Waals surface area contributed by atoms with Gasteiger partial charge < -0.3 is 9.84 Å². The molecule has 150 valence electrons. The molecule has 0 radical (unpaired) electrons. The van der Waals surface area contributed by atoms with E-state index in [1.165, 1.54) is 31.2 Å². The predicted molar refractivity (Wildman–Crippen MR) is 101 cm³/mol. The van der Waals surface area contributed by atoms with Crippen molar-refractivity contribution < 1.29 is 27.4 Å². The highest BCUT2D eigenvalue weighted by Gasteiger charge is 2.26. The third-order valence-corrected chi connectivity index (χ3v) is 3.98. The Kier molecular flexibility index (Phi) is 8.49. The van der Waals surface area contributed by atoms with Crippen LogP contribution in [0.5, 0.6) is 5.75 Å². The molecule has 1 aromatic carbocycles. The van der Waals surface area contributed by atoms with Crippen LogP contribution in [0.1, 0.15) is 64.9 Å². The summed E-state index contributed by atoms with van der Waals surface area (Å²) < 4.78 is 37.7. The van der Waals surface area contributed by atoms with Crippen LogP contribution in [0, 0.1) is 0 Å². The van der Waals surface area contributed by atoms with Crippen LogP contribution in [0.3, 0.4) is 0 Å². The lowest BCUT2D eigenvalue weighted by atomic mass is 9.97. The second-order valence-corrected chi connectivity index (χ2v) is 8.54. The van der Waals surface area contributed by atoms with Crippen LogP contribution in [0.2, 0.25) is 0 Å². The number of hydrogen-bond donors (Lipinski definition) is 4. The summed E-state index contributed by atoms with van der Waals surface area (Å²) in [6.45, 7) is 8.00. The first-order chi connectivity index (χ1) is 11.9. The van der Waals surface area contributed by atoms with Crippen molar-refractivity contribution in [3.63, 3.8) is 0 Å². The third kappa shape index (κ3) is 9.49. The van der Waals surface area contributed by atoms with Gasteiger partial charge in [-0.05, 0) is 58.1 Å². The number of para-hydroxylation sites is 1. The number of rotatable bonds is 5. The minimum absolute atomic E-state index is 0.107. The number of ether oxygens (including phenoxy) is 1. The minimum atomic E-state index is -4.67. The molecule has 0 saturated heterocycles. The number of hydrogen-bond acceptors (Lipinski definition) is 5. The van der Waals surface area contributed by atoms with Crippen molar-refractivity contribution in [1.29, 1.82) is 0 Å². The fourth-order valence-corrected chi connectivity index (χ4v) is 2.97. The third-order valence-electron chi connectivity index (χ3n) is 3.98. The largest absolute Gasteiger partial charge is 0.472 e. The molecule has 26 heavy (non-hydrogen) atoms. The molecular weight excluding hydrogens is 358 g/mol. The lowest BCUT2D eigenvalue weighted by Crippen LogP contribution is -2.51. The van der Waals surface area contributed by atoms with E-state index in [-0.39, 0.29) is 5.54 Å². The first-order valence-corrected chi connectivity index (χ1v) is 10.2. The Morgan fingerprint density at radius 1 is 1.15 bits per heavy atom. The average molecular weight is 390 g/mol. The quantitative estimate of drug-likeness (QED) is 0.451. The van der Waals surface area contributed by atoms with Gasteiger partial charge in [0.25, 0.3) is 0 Å². The molecule has 0 aromatic heterocycles. The zero-order valence-corrected chi connectivity index (χ0v) is 16.7. The molecule has 1 aliphatic rings. The van der Waals surface area contributed by atoms with E-state index in [0.29, 0.717) is 5.92 Å². The fourth-order valence-electron chi connectivity index (χ4n) is 2.97. The highest BCUT2D eigenvalue weighted by Crippen LogP contribution is 2.38. The van der Waals surface area contributed by atoms with E-state index in [9.17, 15) is 5.11 Å². The van der Waals surface area contributed by atoms with Crippen molar-refractivity contribution in [1.82, 2.24) is 5.32 Å². The summed E-state index contributed by atoms with van der Waals surface area (Å²) in [6.07, 6.45) is 4.13. The monoisotopic (exact) mass is 389 g/mol. The average Bonchev–Trinajstić information content (AvgIpc) is 2.98. The van der Waals surface area contributed by atoms with Gasteiger partial charge in [-0.25, -0.2) is 0 Å². The molecule has 7 nitrogen and oxygen atoms in total. The van der Waals surface area contributed by atoms with E-state index in [1.54, 1.807) is 6.92 Å². The topological polar surface area (TPSA) is 116 Å². The molecule has 2 unspecified atom stereocenters. The van der Waals surface area contributed by atoms with Crippen LogP contribution in [-0.2, 0) is 10.4 Å². The van der Waals surface area contributed by atoms with E-state index in [4.69, 9.17) is 22.3 Å². The fraction of sp³-hybridized carbons (Fsp3) is 0.667. The Balaban J connectivity index is 0.000000597. The Morgan fingerprint density at radius 3 is 2.12 bits per heavy atom. The molecule has 0 aliphatic heterocycles. The highest BCUT2D eigenvalue weighted by molar-refractivity contribution is 7.79. The lowest BCUT2D eigenvalue weighted by molar-refractivity contribution is 0.0105. The maximum Gasteiger partial charge on any atom is 0.394 e. The second-order valence-electron chi connectivity index (χ2n) is 7.64. The van der Waals surface area contributed by atoms with Crippen LogP contribution in [-0.4, -0.2) is 40.5 Å². The lowest BCUT2D eigenvalue weighted by Gasteiger charge is -2.31. The van der Waals surface area contributed by atoms with Crippen molar-refractivity contribution in [2.45, 2.75) is 77.2 Å². The van der Waals surface area contributed by atoms with Gasteiger partial charge in [0.2, 0.25) is 0 Å². The van der Waals surface area contributed by atoms with E-state index in [2.05, 4.69) is 38.2 Å². The van der Waals surface area contributed by atoms with Crippen molar-refractivity contribution in [3.8, 4) is 5.75 Å². The predicted octanol–water partition coefficient (Wildman–Crippen LogP) is 3.17. The maximum atomic E-state index is 10.0. The summed E-state index contributed by atoms with van der Waals surface area (Å²) in [4.78, 5) is 0. The van der Waals surface area contributed by atoms with Gasteiger partial charge in [-0.15, -0.1) is 0 Å². The van der Waals surface area contributed by atoms with Gasteiger partial charge in [0.1, 0.15) is 11.9 Å². The van der Waals surface area contributed by atoms with E-state index in [0.717, 1.165) is 5.75 Å². The van der Waals surface area contributed by atoms with Gasteiger partial charge in [0.05, 0.1) is 0 Å². The SMILES string of the molecule is CC(O)C(NC(C)(C)C)Oc1ccccc1C1CCCC1.O=S(=O)(O)O. The molecule has 4 N–H and O–H groups in total. The molecule has 2 atom stereocenters. The Labute approximate surface area is 156 Å². The zero-order valence-electron chi connectivity index (χ0n) is 15.8. The molecule has 0 heterocycles. The molecule has 0 bridgehead atoms.